The second-order valence-corrected chi connectivity index (χ2v) is 7.46. The van der Waals surface area contributed by atoms with E-state index in [9.17, 15) is 8.42 Å². The first-order valence-corrected chi connectivity index (χ1v) is 8.14. The first-order chi connectivity index (χ1) is 7.21. The Bertz CT molecular complexity index is 269. The van der Waals surface area contributed by atoms with Crippen LogP contribution in [0.2, 0.25) is 0 Å². The number of hydrogen-bond acceptors (Lipinski definition) is 4. The summed E-state index contributed by atoms with van der Waals surface area (Å²) in [5.41, 5.74) is 0. The summed E-state index contributed by atoms with van der Waals surface area (Å²) in [6, 6.07) is 0. The average molecular weight is 250 g/mol. The molecular weight excluding hydrogens is 232 g/mol. The molecule has 6 heteroatoms. The zero-order valence-electron chi connectivity index (χ0n) is 8.81. The second kappa shape index (κ2) is 5.03. The molecule has 0 saturated carbocycles. The standard InChI is InChI=1S/C9H18N2O2S2/c12-15(13,9-2-1-3-10-8-9)11-4-6-14-7-5-11/h9-10H,1-8H2. The Hall–Kier alpha value is 0.220. The van der Waals surface area contributed by atoms with Gasteiger partial charge in [0.2, 0.25) is 10.0 Å². The minimum atomic E-state index is -3.03. The van der Waals surface area contributed by atoms with E-state index in [0.717, 1.165) is 30.9 Å². The summed E-state index contributed by atoms with van der Waals surface area (Å²) in [4.78, 5) is 0. The van der Waals surface area contributed by atoms with Gasteiger partial charge >= 0.3 is 0 Å². The summed E-state index contributed by atoms with van der Waals surface area (Å²) in [6.45, 7) is 2.99. The molecule has 2 aliphatic heterocycles. The highest BCUT2D eigenvalue weighted by atomic mass is 32.2. The van der Waals surface area contributed by atoms with Gasteiger partial charge in [-0.2, -0.15) is 16.1 Å². The molecule has 0 aliphatic carbocycles. The van der Waals surface area contributed by atoms with E-state index in [4.69, 9.17) is 0 Å². The van der Waals surface area contributed by atoms with Crippen molar-refractivity contribution in [2.75, 3.05) is 37.7 Å². The third-order valence-corrected chi connectivity index (χ3v) is 6.28. The largest absolute Gasteiger partial charge is 0.315 e. The molecule has 0 aromatic carbocycles. The summed E-state index contributed by atoms with van der Waals surface area (Å²) in [5.74, 6) is 1.89. The van der Waals surface area contributed by atoms with Gasteiger partial charge < -0.3 is 5.32 Å². The molecule has 2 rings (SSSR count). The van der Waals surface area contributed by atoms with E-state index in [0.29, 0.717) is 19.6 Å². The van der Waals surface area contributed by atoms with Crippen molar-refractivity contribution < 1.29 is 8.42 Å². The van der Waals surface area contributed by atoms with E-state index in [1.165, 1.54) is 0 Å². The quantitative estimate of drug-likeness (QED) is 0.756. The summed E-state index contributed by atoms with van der Waals surface area (Å²) in [5, 5.41) is 2.98. The SMILES string of the molecule is O=S(=O)(C1CCCNC1)N1CCSCC1. The molecule has 4 nitrogen and oxygen atoms in total. The van der Waals surface area contributed by atoms with Crippen molar-refractivity contribution in [3.8, 4) is 0 Å². The van der Waals surface area contributed by atoms with Crippen molar-refractivity contribution in [2.24, 2.45) is 0 Å². The highest BCUT2D eigenvalue weighted by molar-refractivity contribution is 7.99. The minimum absolute atomic E-state index is 0.186. The first kappa shape index (κ1) is 11.7. The zero-order chi connectivity index (χ0) is 10.7. The first-order valence-electron chi connectivity index (χ1n) is 5.49. The lowest BCUT2D eigenvalue weighted by Gasteiger charge is -2.31. The predicted octanol–water partition coefficient (Wildman–Crippen LogP) is 0.117. The molecule has 2 heterocycles. The average Bonchev–Trinajstić information content (AvgIpc) is 2.31. The molecule has 0 aromatic rings. The normalized spacial score (nSPS) is 30.3. The number of nitrogens with zero attached hydrogens (tertiary/aromatic N) is 1. The van der Waals surface area contributed by atoms with Gasteiger partial charge in [-0.1, -0.05) is 0 Å². The van der Waals surface area contributed by atoms with E-state index >= 15 is 0 Å². The number of hydrogen-bond donors (Lipinski definition) is 1. The third-order valence-electron chi connectivity index (χ3n) is 3.00. The van der Waals surface area contributed by atoms with Crippen LogP contribution in [0.25, 0.3) is 0 Å². The minimum Gasteiger partial charge on any atom is -0.315 e. The summed E-state index contributed by atoms with van der Waals surface area (Å²) in [6.07, 6.45) is 1.80. The number of piperidine rings is 1. The van der Waals surface area contributed by atoms with Crippen LogP contribution in [-0.4, -0.2) is 55.7 Å². The monoisotopic (exact) mass is 250 g/mol. The van der Waals surface area contributed by atoms with Crippen LogP contribution in [-0.2, 0) is 10.0 Å². The lowest BCUT2D eigenvalue weighted by Crippen LogP contribution is -2.48. The fraction of sp³-hybridized carbons (Fsp3) is 1.00. The molecule has 15 heavy (non-hydrogen) atoms. The summed E-state index contributed by atoms with van der Waals surface area (Å²) < 4.78 is 26.1. The topological polar surface area (TPSA) is 49.4 Å². The van der Waals surface area contributed by atoms with Gasteiger partial charge in [0.15, 0.2) is 0 Å². The van der Waals surface area contributed by atoms with Crippen molar-refractivity contribution in [1.29, 1.82) is 0 Å². The number of thioether (sulfide) groups is 1. The molecule has 1 N–H and O–H groups in total. The molecule has 2 fully saturated rings. The molecule has 2 aliphatic rings. The van der Waals surface area contributed by atoms with Crippen LogP contribution in [0.15, 0.2) is 0 Å². The summed E-state index contributed by atoms with van der Waals surface area (Å²) >= 11 is 1.84. The molecule has 2 saturated heterocycles. The van der Waals surface area contributed by atoms with Crippen molar-refractivity contribution in [3.05, 3.63) is 0 Å². The molecule has 1 atom stereocenters. The zero-order valence-corrected chi connectivity index (χ0v) is 10.4. The predicted molar refractivity (Wildman–Crippen MR) is 63.7 cm³/mol. The van der Waals surface area contributed by atoms with Gasteiger partial charge in [-0.15, -0.1) is 0 Å². The smallest absolute Gasteiger partial charge is 0.218 e. The molecular formula is C9H18N2O2S2. The van der Waals surface area contributed by atoms with E-state index in [2.05, 4.69) is 5.32 Å². The fourth-order valence-electron chi connectivity index (χ4n) is 2.09. The van der Waals surface area contributed by atoms with Crippen LogP contribution < -0.4 is 5.32 Å². The molecule has 88 valence electrons. The molecule has 0 amide bonds. The van der Waals surface area contributed by atoms with Gasteiger partial charge in [0.05, 0.1) is 5.25 Å². The van der Waals surface area contributed by atoms with Gasteiger partial charge in [0, 0.05) is 31.1 Å². The van der Waals surface area contributed by atoms with Crippen molar-refractivity contribution >= 4 is 21.8 Å². The lowest BCUT2D eigenvalue weighted by molar-refractivity contribution is 0.414. The molecule has 0 aromatic heterocycles. The van der Waals surface area contributed by atoms with Crippen LogP contribution in [0.3, 0.4) is 0 Å². The van der Waals surface area contributed by atoms with Crippen molar-refractivity contribution in [2.45, 2.75) is 18.1 Å². The van der Waals surface area contributed by atoms with Crippen molar-refractivity contribution in [3.63, 3.8) is 0 Å². The molecule has 0 radical (unpaired) electrons. The second-order valence-electron chi connectivity index (χ2n) is 4.02. The Kier molecular flexibility index (Phi) is 3.93. The Morgan fingerprint density at radius 2 is 2.00 bits per heavy atom. The maximum Gasteiger partial charge on any atom is 0.218 e. The highest BCUT2D eigenvalue weighted by Crippen LogP contribution is 2.20. The van der Waals surface area contributed by atoms with E-state index in [-0.39, 0.29) is 5.25 Å². The molecule has 0 spiro atoms. The maximum absolute atomic E-state index is 12.2. The van der Waals surface area contributed by atoms with Crippen LogP contribution in [0.4, 0.5) is 0 Å². The Balaban J connectivity index is 2.03. The van der Waals surface area contributed by atoms with E-state index < -0.39 is 10.0 Å². The van der Waals surface area contributed by atoms with Gasteiger partial charge in [-0.05, 0) is 19.4 Å². The van der Waals surface area contributed by atoms with Crippen LogP contribution >= 0.6 is 11.8 Å². The number of sulfonamides is 1. The van der Waals surface area contributed by atoms with Gasteiger partial charge in [0.1, 0.15) is 0 Å². The summed E-state index contributed by atoms with van der Waals surface area (Å²) in [7, 11) is -3.03. The molecule has 0 bridgehead atoms. The Labute approximate surface area is 95.8 Å². The van der Waals surface area contributed by atoms with Crippen molar-refractivity contribution in [1.82, 2.24) is 9.62 Å². The van der Waals surface area contributed by atoms with E-state index in [1.807, 2.05) is 11.8 Å². The maximum atomic E-state index is 12.2. The Morgan fingerprint density at radius 3 is 2.60 bits per heavy atom. The highest BCUT2D eigenvalue weighted by Gasteiger charge is 2.33. The lowest BCUT2D eigenvalue weighted by atomic mass is 10.2. The van der Waals surface area contributed by atoms with E-state index in [1.54, 1.807) is 4.31 Å². The molecule has 1 unspecified atom stereocenters. The van der Waals surface area contributed by atoms with Crippen LogP contribution in [0, 0.1) is 0 Å². The Morgan fingerprint density at radius 1 is 1.27 bits per heavy atom. The van der Waals surface area contributed by atoms with Gasteiger partial charge in [0.25, 0.3) is 0 Å². The van der Waals surface area contributed by atoms with Gasteiger partial charge in [-0.25, -0.2) is 8.42 Å². The fourth-order valence-corrected chi connectivity index (χ4v) is 5.13. The van der Waals surface area contributed by atoms with Crippen LogP contribution in [0.1, 0.15) is 12.8 Å². The third kappa shape index (κ3) is 2.67. The number of rotatable bonds is 2. The number of nitrogens with one attached hydrogen (secondary N) is 1. The van der Waals surface area contributed by atoms with Gasteiger partial charge in [-0.3, -0.25) is 0 Å². The van der Waals surface area contributed by atoms with Crippen LogP contribution in [0.5, 0.6) is 0 Å².